The van der Waals surface area contributed by atoms with Crippen LogP contribution in [0.5, 0.6) is 11.8 Å². The Bertz CT molecular complexity index is 1550. The van der Waals surface area contributed by atoms with Crippen LogP contribution in [0.15, 0.2) is 30.3 Å². The summed E-state index contributed by atoms with van der Waals surface area (Å²) in [5.74, 6) is 0.461. The van der Waals surface area contributed by atoms with Gasteiger partial charge in [0, 0.05) is 39.6 Å². The Balaban J connectivity index is 0.00000118. The average molecular weight is 703 g/mol. The molecule has 0 spiro atoms. The molecule has 3 aromatic rings. The molecule has 12 nitrogen and oxygen atoms in total. The molecule has 1 saturated heterocycles. The third kappa shape index (κ3) is 6.93. The highest BCUT2D eigenvalue weighted by molar-refractivity contribution is 14.1. The Morgan fingerprint density at radius 1 is 1.21 bits per heavy atom. The number of amides is 2. The normalized spacial score (nSPS) is 17.1. The molecule has 0 bridgehead atoms. The lowest BCUT2D eigenvalue weighted by molar-refractivity contribution is -0.123. The Kier molecular flexibility index (Phi) is 9.20. The van der Waals surface area contributed by atoms with Crippen molar-refractivity contribution in [2.75, 3.05) is 51.8 Å². The van der Waals surface area contributed by atoms with E-state index in [-0.39, 0.29) is 42.0 Å². The van der Waals surface area contributed by atoms with Gasteiger partial charge in [-0.15, -0.1) is 0 Å². The van der Waals surface area contributed by atoms with Crippen molar-refractivity contribution in [2.24, 2.45) is 5.41 Å². The maximum atomic E-state index is 13.9. The number of fused-ring (bicyclic) bond motifs is 2. The molecule has 2 amide bonds. The zero-order chi connectivity index (χ0) is 30.7. The topological polar surface area (TPSA) is 148 Å². The predicted molar refractivity (Wildman–Crippen MR) is 168 cm³/mol. The Labute approximate surface area is 263 Å². The lowest BCUT2D eigenvalue weighted by Crippen LogP contribution is -2.34. The van der Waals surface area contributed by atoms with E-state index in [0.29, 0.717) is 44.2 Å². The first-order valence-corrected chi connectivity index (χ1v) is 15.2. The van der Waals surface area contributed by atoms with Gasteiger partial charge in [0.15, 0.2) is 0 Å². The number of phenolic OH excluding ortho intramolecular Hbond substituents is 1. The number of carbonyl (C=O) groups excluding carboxylic acids is 2. The number of aromatic hydroxyl groups is 1. The number of nitrogens with one attached hydrogen (secondary N) is 1. The van der Waals surface area contributed by atoms with E-state index in [1.54, 1.807) is 11.0 Å². The number of hydrogen-bond acceptors (Lipinski definition) is 9. The zero-order valence-corrected chi connectivity index (χ0v) is 26.3. The molecule has 2 aliphatic heterocycles. The molecule has 2 aromatic carbocycles. The van der Waals surface area contributed by atoms with Gasteiger partial charge in [0.05, 0.1) is 37.5 Å². The maximum absolute atomic E-state index is 13.9. The van der Waals surface area contributed by atoms with Crippen LogP contribution in [-0.2, 0) is 22.7 Å². The smallest absolute Gasteiger partial charge is 0.318 e. The van der Waals surface area contributed by atoms with Crippen molar-refractivity contribution in [1.29, 1.82) is 0 Å². The highest BCUT2D eigenvalue weighted by Crippen LogP contribution is 2.46. The molecule has 0 atom stereocenters. The number of carbonyl (C=O) groups is 3. The summed E-state index contributed by atoms with van der Waals surface area (Å²) >= 11 is 2.23. The van der Waals surface area contributed by atoms with E-state index in [0.717, 1.165) is 51.4 Å². The van der Waals surface area contributed by atoms with Gasteiger partial charge in [0.1, 0.15) is 11.6 Å². The van der Waals surface area contributed by atoms with E-state index in [2.05, 4.69) is 46.9 Å². The molecule has 1 aromatic heterocycles. The second-order valence-corrected chi connectivity index (χ2v) is 12.7. The summed E-state index contributed by atoms with van der Waals surface area (Å²) in [6.07, 6.45) is 3.01. The van der Waals surface area contributed by atoms with Crippen molar-refractivity contribution < 1.29 is 29.3 Å². The summed E-state index contributed by atoms with van der Waals surface area (Å²) in [5.41, 5.74) is 2.13. The van der Waals surface area contributed by atoms with Crippen LogP contribution >= 0.6 is 22.6 Å². The minimum absolute atomic E-state index is 0.0491. The van der Waals surface area contributed by atoms with Crippen LogP contribution in [0.4, 0.5) is 5.82 Å². The van der Waals surface area contributed by atoms with Crippen molar-refractivity contribution in [3.63, 3.8) is 0 Å². The largest absolute Gasteiger partial charge is 0.508 e. The summed E-state index contributed by atoms with van der Waals surface area (Å²) in [4.78, 5) is 50.2. The number of halogens is 1. The van der Waals surface area contributed by atoms with E-state index >= 15 is 0 Å². The molecule has 13 heteroatoms. The van der Waals surface area contributed by atoms with E-state index in [1.807, 2.05) is 23.1 Å². The van der Waals surface area contributed by atoms with Crippen molar-refractivity contribution in [2.45, 2.75) is 32.4 Å². The maximum Gasteiger partial charge on any atom is 0.318 e. The number of anilines is 1. The van der Waals surface area contributed by atoms with Crippen LogP contribution in [0.1, 0.15) is 40.9 Å². The summed E-state index contributed by atoms with van der Waals surface area (Å²) in [6, 6.07) is 9.26. The third-order valence-electron chi connectivity index (χ3n) is 7.85. The zero-order valence-electron chi connectivity index (χ0n) is 24.2. The molecular weight excluding hydrogens is 667 g/mol. The number of ether oxygens (including phenoxy) is 1. The fraction of sp³-hybridized carbons (Fsp3) is 0.433. The number of hydrogen-bond donors (Lipinski definition) is 3. The number of aromatic nitrogens is 2. The lowest BCUT2D eigenvalue weighted by Gasteiger charge is -2.24. The van der Waals surface area contributed by atoms with Crippen molar-refractivity contribution in [3.05, 3.63) is 50.7 Å². The molecule has 3 heterocycles. The molecule has 3 N–H and O–H groups in total. The van der Waals surface area contributed by atoms with Crippen molar-refractivity contribution >= 4 is 57.5 Å². The van der Waals surface area contributed by atoms with Gasteiger partial charge >= 0.3 is 6.01 Å². The number of phenols is 1. The van der Waals surface area contributed by atoms with Gasteiger partial charge in [-0.05, 0) is 79.5 Å². The van der Waals surface area contributed by atoms with Gasteiger partial charge in [-0.1, -0.05) is 12.1 Å². The van der Waals surface area contributed by atoms with Crippen LogP contribution in [0.3, 0.4) is 0 Å². The van der Waals surface area contributed by atoms with Crippen molar-refractivity contribution in [1.82, 2.24) is 25.1 Å². The van der Waals surface area contributed by atoms with E-state index in [9.17, 15) is 14.7 Å². The first-order valence-electron chi connectivity index (χ1n) is 14.1. The van der Waals surface area contributed by atoms with E-state index < -0.39 is 0 Å². The molecule has 0 unspecified atom stereocenters. The second-order valence-electron chi connectivity index (χ2n) is 11.5. The predicted octanol–water partition coefficient (Wildman–Crippen LogP) is 2.84. The molecular formula is C30H35IN6O6. The first kappa shape index (κ1) is 30.7. The Hall–Kier alpha value is -3.72. The van der Waals surface area contributed by atoms with E-state index in [4.69, 9.17) is 24.6 Å². The number of rotatable bonds is 7. The lowest BCUT2D eigenvalue weighted by atomic mass is 10.0. The minimum atomic E-state index is -0.250. The highest BCUT2D eigenvalue weighted by atomic mass is 127. The molecule has 43 heavy (non-hydrogen) atoms. The minimum Gasteiger partial charge on any atom is -0.508 e. The van der Waals surface area contributed by atoms with Crippen LogP contribution in [0, 0.1) is 8.99 Å². The van der Waals surface area contributed by atoms with E-state index in [1.165, 1.54) is 6.07 Å². The average Bonchev–Trinajstić information content (AvgIpc) is 3.64. The Morgan fingerprint density at radius 3 is 2.70 bits per heavy atom. The quantitative estimate of drug-likeness (QED) is 0.248. The fourth-order valence-electron chi connectivity index (χ4n) is 5.79. The molecule has 3 aliphatic rings. The molecule has 1 aliphatic carbocycles. The highest BCUT2D eigenvalue weighted by Gasteiger charge is 2.44. The molecule has 228 valence electrons. The van der Waals surface area contributed by atoms with Crippen LogP contribution in [0.25, 0.3) is 10.8 Å². The van der Waals surface area contributed by atoms with Crippen molar-refractivity contribution in [3.8, 4) is 11.8 Å². The number of carboxylic acid groups (broad SMARTS) is 1. The monoisotopic (exact) mass is 702 g/mol. The SMILES string of the molecule is CN(C)CC1(COc2nc3c(c(N4CCCNC(=O)C4)n2)CN(C(=O)c2cc(O)cc4cccc(I)c24)C3)CC1.O=CO. The van der Waals surface area contributed by atoms with Crippen LogP contribution in [-0.4, -0.2) is 95.1 Å². The number of benzene rings is 2. The third-order valence-corrected chi connectivity index (χ3v) is 8.74. The Morgan fingerprint density at radius 2 is 1.98 bits per heavy atom. The molecule has 6 rings (SSSR count). The van der Waals surface area contributed by atoms with Gasteiger partial charge in [-0.2, -0.15) is 9.97 Å². The second kappa shape index (κ2) is 12.9. The molecule has 1 saturated carbocycles. The fourth-order valence-corrected chi connectivity index (χ4v) is 6.60. The van der Waals surface area contributed by atoms with Gasteiger partial charge in [-0.3, -0.25) is 14.4 Å². The summed E-state index contributed by atoms with van der Waals surface area (Å²) < 4.78 is 7.14. The van der Waals surface area contributed by atoms with Gasteiger partial charge in [0.2, 0.25) is 5.91 Å². The number of nitrogens with zero attached hydrogens (tertiary/aromatic N) is 5. The standard InChI is InChI=1S/C29H33IN6O4.CH2O2/c1-34(2)16-29(7-8-29)17-40-28-32-23-14-36(13-21(23)26(33-28)35-10-4-9-31-24(38)15-35)27(39)20-12-19(37)11-18-5-3-6-22(30)25(18)20;2-1-3/h3,5-6,11-12,37H,4,7-10,13-17H2,1-2H3,(H,31,38);1H,(H,2,3). The van der Waals surface area contributed by atoms with Crippen LogP contribution in [0.2, 0.25) is 0 Å². The summed E-state index contributed by atoms with van der Waals surface area (Å²) in [7, 11) is 4.13. The molecule has 0 radical (unpaired) electrons. The first-order chi connectivity index (χ1) is 20.6. The summed E-state index contributed by atoms with van der Waals surface area (Å²) in [5, 5.41) is 21.8. The van der Waals surface area contributed by atoms with Crippen LogP contribution < -0.4 is 15.0 Å². The van der Waals surface area contributed by atoms with Gasteiger partial charge in [-0.25, -0.2) is 0 Å². The van der Waals surface area contributed by atoms with Gasteiger partial charge < -0.3 is 35.0 Å². The summed E-state index contributed by atoms with van der Waals surface area (Å²) in [6.45, 7) is 3.30. The van der Waals surface area contributed by atoms with Gasteiger partial charge in [0.25, 0.3) is 12.4 Å². The molecule has 2 fully saturated rings.